The van der Waals surface area contributed by atoms with Crippen molar-refractivity contribution in [2.45, 2.75) is 0 Å². The zero-order valence-electron chi connectivity index (χ0n) is 4.26. The van der Waals surface area contributed by atoms with Gasteiger partial charge in [0.25, 0.3) is 0 Å². The van der Waals surface area contributed by atoms with Gasteiger partial charge in [0, 0.05) is 0 Å². The predicted molar refractivity (Wildman–Crippen MR) is 32.6 cm³/mol. The average molecular weight is 129 g/mol. The highest BCUT2D eigenvalue weighted by molar-refractivity contribution is 7.61. The number of hydrogen-bond acceptors (Lipinski definition) is 1. The van der Waals surface area contributed by atoms with Crippen molar-refractivity contribution < 1.29 is 4.57 Å². The van der Waals surface area contributed by atoms with Crippen molar-refractivity contribution in [1.29, 1.82) is 0 Å². The summed E-state index contributed by atoms with van der Waals surface area (Å²) >= 11 is 0. The van der Waals surface area contributed by atoms with Crippen molar-refractivity contribution in [2.24, 2.45) is 0 Å². The molecule has 6 heavy (non-hydrogen) atoms. The number of hydrogen-bond donors (Lipinski definition) is 0. The first kappa shape index (κ1) is 9.72. The summed E-state index contributed by atoms with van der Waals surface area (Å²) in [6.45, 7) is 5.23. The SMILES string of the molecule is CP(C)(C)=O.Cl. The molecule has 0 aromatic carbocycles. The Kier molecular flexibility index (Phi) is 4.30. The molecule has 0 aromatic heterocycles. The van der Waals surface area contributed by atoms with Crippen LogP contribution < -0.4 is 0 Å². The molecular formula is C3H10ClOP. The second kappa shape index (κ2) is 2.65. The molecule has 0 fully saturated rings. The molecule has 0 atom stereocenters. The van der Waals surface area contributed by atoms with Crippen molar-refractivity contribution in [3.05, 3.63) is 0 Å². The first-order valence-electron chi connectivity index (χ1n) is 1.52. The number of rotatable bonds is 0. The second-order valence-corrected chi connectivity index (χ2v) is 5.67. The quantitative estimate of drug-likeness (QED) is 0.454. The fraction of sp³-hybridized carbons (Fsp3) is 1.00. The summed E-state index contributed by atoms with van der Waals surface area (Å²) in [5, 5.41) is 0. The standard InChI is InChI=1S/C3H9OP.ClH/c1-5(2,3)4;/h1-3H3;1H. The van der Waals surface area contributed by atoms with Crippen molar-refractivity contribution in [2.75, 3.05) is 20.0 Å². The van der Waals surface area contributed by atoms with Gasteiger partial charge in [0.05, 0.1) is 7.14 Å². The van der Waals surface area contributed by atoms with E-state index >= 15 is 0 Å². The Morgan fingerprint density at radius 1 is 1.17 bits per heavy atom. The predicted octanol–water partition coefficient (Wildman–Crippen LogP) is 1.66. The Labute approximate surface area is 44.9 Å². The van der Waals surface area contributed by atoms with Crippen LogP contribution in [0.4, 0.5) is 0 Å². The lowest BCUT2D eigenvalue weighted by Crippen LogP contribution is -1.61. The summed E-state index contributed by atoms with van der Waals surface area (Å²) in [7, 11) is -1.64. The summed E-state index contributed by atoms with van der Waals surface area (Å²) in [5.41, 5.74) is 0. The fourth-order valence-electron chi connectivity index (χ4n) is 0. The lowest BCUT2D eigenvalue weighted by molar-refractivity contribution is 0.586. The van der Waals surface area contributed by atoms with Crippen LogP contribution in [0.25, 0.3) is 0 Å². The molecule has 0 heterocycles. The van der Waals surface area contributed by atoms with E-state index in [-0.39, 0.29) is 12.4 Å². The monoisotopic (exact) mass is 128 g/mol. The van der Waals surface area contributed by atoms with Crippen LogP contribution in [-0.2, 0) is 4.57 Å². The zero-order chi connectivity index (χ0) is 4.50. The molecule has 40 valence electrons. The van der Waals surface area contributed by atoms with E-state index < -0.39 is 7.14 Å². The molecule has 0 aliphatic carbocycles. The third kappa shape index (κ3) is 207. The van der Waals surface area contributed by atoms with Crippen LogP contribution in [0, 0.1) is 0 Å². The van der Waals surface area contributed by atoms with Crippen LogP contribution in [0.15, 0.2) is 0 Å². The minimum atomic E-state index is -1.64. The first-order valence-corrected chi connectivity index (χ1v) is 4.57. The molecule has 0 amide bonds. The van der Waals surface area contributed by atoms with Crippen molar-refractivity contribution >= 4 is 19.5 Å². The molecule has 1 nitrogen and oxygen atoms in total. The lowest BCUT2D eigenvalue weighted by Gasteiger charge is -1.86. The topological polar surface area (TPSA) is 17.1 Å². The molecule has 0 N–H and O–H groups in total. The summed E-state index contributed by atoms with van der Waals surface area (Å²) in [5.74, 6) is 0. The van der Waals surface area contributed by atoms with Gasteiger partial charge in [-0.3, -0.25) is 0 Å². The van der Waals surface area contributed by atoms with Crippen LogP contribution in [0.5, 0.6) is 0 Å². The maximum atomic E-state index is 10.2. The minimum absolute atomic E-state index is 0. The van der Waals surface area contributed by atoms with E-state index in [2.05, 4.69) is 0 Å². The lowest BCUT2D eigenvalue weighted by atomic mass is 11.9. The zero-order valence-corrected chi connectivity index (χ0v) is 5.97. The van der Waals surface area contributed by atoms with Crippen LogP contribution >= 0.6 is 19.5 Å². The maximum absolute atomic E-state index is 10.2. The summed E-state index contributed by atoms with van der Waals surface area (Å²) in [4.78, 5) is 0. The smallest absolute Gasteiger partial charge is 0.0790 e. The Balaban J connectivity index is 0. The van der Waals surface area contributed by atoms with E-state index in [1.54, 1.807) is 20.0 Å². The fourth-order valence-corrected chi connectivity index (χ4v) is 0. The molecule has 0 bridgehead atoms. The second-order valence-electron chi connectivity index (χ2n) is 1.89. The Morgan fingerprint density at radius 3 is 1.17 bits per heavy atom. The van der Waals surface area contributed by atoms with Crippen LogP contribution in [0.3, 0.4) is 0 Å². The summed E-state index contributed by atoms with van der Waals surface area (Å²) in [6.07, 6.45) is 0. The highest BCUT2D eigenvalue weighted by atomic mass is 35.5. The van der Waals surface area contributed by atoms with Gasteiger partial charge in [-0.05, 0) is 20.0 Å². The van der Waals surface area contributed by atoms with Gasteiger partial charge in [-0.25, -0.2) is 0 Å². The van der Waals surface area contributed by atoms with E-state index in [0.29, 0.717) is 0 Å². The molecular weight excluding hydrogens is 118 g/mol. The van der Waals surface area contributed by atoms with Crippen LogP contribution in [0.1, 0.15) is 0 Å². The average Bonchev–Trinajstić information content (AvgIpc) is 0.722. The molecule has 0 saturated heterocycles. The molecule has 0 aliphatic heterocycles. The van der Waals surface area contributed by atoms with Crippen molar-refractivity contribution in [1.82, 2.24) is 0 Å². The molecule has 3 heteroatoms. The van der Waals surface area contributed by atoms with Gasteiger partial charge in [0.15, 0.2) is 0 Å². The van der Waals surface area contributed by atoms with Gasteiger partial charge in [-0.2, -0.15) is 0 Å². The first-order chi connectivity index (χ1) is 2.00. The third-order valence-electron chi connectivity index (χ3n) is 0. The molecule has 0 saturated carbocycles. The van der Waals surface area contributed by atoms with E-state index in [9.17, 15) is 4.57 Å². The van der Waals surface area contributed by atoms with Gasteiger partial charge in [-0.1, -0.05) is 0 Å². The Bertz CT molecular complexity index is 56.9. The highest BCUT2D eigenvalue weighted by Gasteiger charge is 1.89. The van der Waals surface area contributed by atoms with E-state index in [0.717, 1.165) is 0 Å². The van der Waals surface area contributed by atoms with Gasteiger partial charge >= 0.3 is 0 Å². The van der Waals surface area contributed by atoms with Gasteiger partial charge in [-0.15, -0.1) is 12.4 Å². The van der Waals surface area contributed by atoms with Gasteiger partial charge < -0.3 is 4.57 Å². The van der Waals surface area contributed by atoms with Gasteiger partial charge in [0.1, 0.15) is 0 Å². The minimum Gasteiger partial charge on any atom is -0.324 e. The molecule has 0 aliphatic rings. The number of halogens is 1. The van der Waals surface area contributed by atoms with Crippen LogP contribution in [0.2, 0.25) is 0 Å². The van der Waals surface area contributed by atoms with Crippen molar-refractivity contribution in [3.63, 3.8) is 0 Å². The summed E-state index contributed by atoms with van der Waals surface area (Å²) in [6, 6.07) is 0. The Hall–Kier alpha value is 0.520. The van der Waals surface area contributed by atoms with E-state index in [1.165, 1.54) is 0 Å². The normalized spacial score (nSPS) is 9.83. The maximum Gasteiger partial charge on any atom is 0.0790 e. The molecule has 0 unspecified atom stereocenters. The Morgan fingerprint density at radius 2 is 1.17 bits per heavy atom. The molecule has 0 spiro atoms. The van der Waals surface area contributed by atoms with E-state index in [1.807, 2.05) is 0 Å². The van der Waals surface area contributed by atoms with Crippen LogP contribution in [-0.4, -0.2) is 20.0 Å². The largest absolute Gasteiger partial charge is 0.324 e. The van der Waals surface area contributed by atoms with Gasteiger partial charge in [0.2, 0.25) is 0 Å². The molecule has 0 rings (SSSR count). The summed E-state index contributed by atoms with van der Waals surface area (Å²) < 4.78 is 10.2. The molecule has 0 radical (unpaired) electrons. The third-order valence-corrected chi connectivity index (χ3v) is 0. The van der Waals surface area contributed by atoms with E-state index in [4.69, 9.17) is 0 Å². The highest BCUT2D eigenvalue weighted by Crippen LogP contribution is 2.28. The van der Waals surface area contributed by atoms with Crippen molar-refractivity contribution in [3.8, 4) is 0 Å². The molecule has 0 aromatic rings.